The molecular formula is C24H26ClN5O2. The topological polar surface area (TPSA) is 80.1 Å². The van der Waals surface area contributed by atoms with Gasteiger partial charge < -0.3 is 10.2 Å². The number of nitrogens with zero attached hydrogens (tertiary/aromatic N) is 4. The summed E-state index contributed by atoms with van der Waals surface area (Å²) in [6, 6.07) is 8.83. The van der Waals surface area contributed by atoms with Gasteiger partial charge in [-0.25, -0.2) is 0 Å². The lowest BCUT2D eigenvalue weighted by Crippen LogP contribution is -2.37. The van der Waals surface area contributed by atoms with Crippen LogP contribution in [0.1, 0.15) is 55.8 Å². The Kier molecular flexibility index (Phi) is 6.28. The van der Waals surface area contributed by atoms with E-state index in [9.17, 15) is 9.59 Å². The van der Waals surface area contributed by atoms with Crippen LogP contribution < -0.4 is 5.32 Å². The zero-order valence-corrected chi connectivity index (χ0v) is 19.2. The minimum atomic E-state index is -0.162. The fourth-order valence-corrected chi connectivity index (χ4v) is 4.30. The number of pyridine rings is 1. The van der Waals surface area contributed by atoms with Gasteiger partial charge in [0.2, 0.25) is 0 Å². The second kappa shape index (κ2) is 9.12. The van der Waals surface area contributed by atoms with Crippen LogP contribution in [-0.2, 0) is 33.0 Å². The van der Waals surface area contributed by atoms with Gasteiger partial charge in [0, 0.05) is 49.2 Å². The molecule has 0 saturated heterocycles. The van der Waals surface area contributed by atoms with Gasteiger partial charge in [0.1, 0.15) is 5.69 Å². The Bertz CT molecular complexity index is 1190. The number of nitrogens with one attached hydrogen (secondary N) is 1. The van der Waals surface area contributed by atoms with Gasteiger partial charge in [-0.05, 0) is 60.7 Å². The van der Waals surface area contributed by atoms with E-state index < -0.39 is 0 Å². The number of hydrogen-bond donors (Lipinski definition) is 1. The van der Waals surface area contributed by atoms with Gasteiger partial charge >= 0.3 is 0 Å². The largest absolute Gasteiger partial charge is 0.347 e. The molecule has 8 heteroatoms. The molecule has 3 aromatic rings. The Morgan fingerprint density at radius 2 is 2.06 bits per heavy atom. The number of carbonyl (C=O) groups is 2. The van der Waals surface area contributed by atoms with Gasteiger partial charge in [-0.15, -0.1) is 0 Å². The predicted molar refractivity (Wildman–Crippen MR) is 123 cm³/mol. The third-order valence-corrected chi connectivity index (χ3v) is 6.14. The van der Waals surface area contributed by atoms with Crippen molar-refractivity contribution in [1.82, 2.24) is 25.0 Å². The first-order valence-corrected chi connectivity index (χ1v) is 11.1. The SMILES string of the molecule is CCc1cc(C(=O)NCc2c(C)ncc3c2CCN(C(=O)c2cccc(Cl)c2)C3)n(C)n1. The zero-order chi connectivity index (χ0) is 22.8. The average Bonchev–Trinajstić information content (AvgIpc) is 3.18. The van der Waals surface area contributed by atoms with E-state index in [4.69, 9.17) is 11.6 Å². The Balaban J connectivity index is 1.50. The first-order valence-electron chi connectivity index (χ1n) is 10.7. The number of aryl methyl sites for hydroxylation is 3. The molecule has 1 aromatic carbocycles. The molecule has 166 valence electrons. The van der Waals surface area contributed by atoms with Gasteiger partial charge in [0.15, 0.2) is 0 Å². The third-order valence-electron chi connectivity index (χ3n) is 5.91. The van der Waals surface area contributed by atoms with Crippen molar-refractivity contribution in [2.24, 2.45) is 7.05 Å². The Labute approximate surface area is 192 Å². The molecule has 0 bridgehead atoms. The number of halogens is 1. The fraction of sp³-hybridized carbons (Fsp3) is 0.333. The van der Waals surface area contributed by atoms with Gasteiger partial charge in [-0.3, -0.25) is 19.3 Å². The number of amides is 2. The Morgan fingerprint density at radius 3 is 2.78 bits per heavy atom. The van der Waals surface area contributed by atoms with E-state index in [0.29, 0.717) is 42.3 Å². The molecule has 1 aliphatic rings. The molecule has 32 heavy (non-hydrogen) atoms. The quantitative estimate of drug-likeness (QED) is 0.644. The minimum absolute atomic E-state index is 0.0449. The molecule has 7 nitrogen and oxygen atoms in total. The monoisotopic (exact) mass is 451 g/mol. The van der Waals surface area contributed by atoms with Crippen molar-refractivity contribution in [3.05, 3.63) is 80.9 Å². The fourth-order valence-electron chi connectivity index (χ4n) is 4.11. The van der Waals surface area contributed by atoms with Crippen molar-refractivity contribution in [3.8, 4) is 0 Å². The van der Waals surface area contributed by atoms with Crippen molar-refractivity contribution in [2.75, 3.05) is 6.54 Å². The molecule has 0 saturated carbocycles. The van der Waals surface area contributed by atoms with E-state index in [0.717, 1.165) is 34.5 Å². The lowest BCUT2D eigenvalue weighted by molar-refractivity contribution is 0.0734. The summed E-state index contributed by atoms with van der Waals surface area (Å²) in [5, 5.41) is 7.91. The standard InChI is InChI=1S/C24H26ClN5O2/c1-4-19-11-22(29(3)28-19)23(31)27-13-21-15(2)26-12-17-14-30(9-8-20(17)21)24(32)16-6-5-7-18(25)10-16/h5-7,10-12H,4,8-9,13-14H2,1-3H3,(H,27,31). The summed E-state index contributed by atoms with van der Waals surface area (Å²) in [6.45, 7) is 5.43. The molecule has 1 N–H and O–H groups in total. The van der Waals surface area contributed by atoms with E-state index in [1.807, 2.05) is 31.0 Å². The highest BCUT2D eigenvalue weighted by Crippen LogP contribution is 2.25. The van der Waals surface area contributed by atoms with Crippen molar-refractivity contribution in [2.45, 2.75) is 39.8 Å². The van der Waals surface area contributed by atoms with Crippen molar-refractivity contribution in [3.63, 3.8) is 0 Å². The van der Waals surface area contributed by atoms with Crippen LogP contribution in [0, 0.1) is 6.92 Å². The maximum atomic E-state index is 12.9. The number of fused-ring (bicyclic) bond motifs is 1. The van der Waals surface area contributed by atoms with Gasteiger partial charge in [-0.2, -0.15) is 5.10 Å². The van der Waals surface area contributed by atoms with Crippen molar-refractivity contribution in [1.29, 1.82) is 0 Å². The highest BCUT2D eigenvalue weighted by atomic mass is 35.5. The number of carbonyl (C=O) groups excluding carboxylic acids is 2. The van der Waals surface area contributed by atoms with Crippen LogP contribution in [0.25, 0.3) is 0 Å². The molecule has 0 radical (unpaired) electrons. The second-order valence-corrected chi connectivity index (χ2v) is 8.43. The van der Waals surface area contributed by atoms with Crippen LogP contribution in [-0.4, -0.2) is 38.0 Å². The summed E-state index contributed by atoms with van der Waals surface area (Å²) in [7, 11) is 1.77. The Morgan fingerprint density at radius 1 is 1.25 bits per heavy atom. The highest BCUT2D eigenvalue weighted by Gasteiger charge is 2.25. The molecule has 0 atom stereocenters. The van der Waals surface area contributed by atoms with Crippen LogP contribution in [0.2, 0.25) is 5.02 Å². The first-order chi connectivity index (χ1) is 15.4. The summed E-state index contributed by atoms with van der Waals surface area (Å²) in [4.78, 5) is 32.0. The summed E-state index contributed by atoms with van der Waals surface area (Å²) >= 11 is 6.05. The lowest BCUT2D eigenvalue weighted by Gasteiger charge is -2.30. The molecule has 2 aromatic heterocycles. The smallest absolute Gasteiger partial charge is 0.269 e. The van der Waals surface area contributed by atoms with Crippen LogP contribution in [0.4, 0.5) is 0 Å². The van der Waals surface area contributed by atoms with Crippen LogP contribution in [0.3, 0.4) is 0 Å². The third kappa shape index (κ3) is 4.39. The second-order valence-electron chi connectivity index (χ2n) is 7.99. The number of hydrogen-bond acceptors (Lipinski definition) is 4. The molecule has 2 amide bonds. The van der Waals surface area contributed by atoms with E-state index in [2.05, 4.69) is 15.4 Å². The van der Waals surface area contributed by atoms with Crippen molar-refractivity contribution >= 4 is 23.4 Å². The molecular weight excluding hydrogens is 426 g/mol. The van der Waals surface area contributed by atoms with E-state index in [-0.39, 0.29) is 11.8 Å². The van der Waals surface area contributed by atoms with E-state index in [1.54, 1.807) is 36.0 Å². The van der Waals surface area contributed by atoms with E-state index >= 15 is 0 Å². The van der Waals surface area contributed by atoms with Crippen LogP contribution in [0.5, 0.6) is 0 Å². The lowest BCUT2D eigenvalue weighted by atomic mass is 9.94. The van der Waals surface area contributed by atoms with Gasteiger partial charge in [0.05, 0.1) is 5.69 Å². The average molecular weight is 452 g/mol. The molecule has 0 spiro atoms. The zero-order valence-electron chi connectivity index (χ0n) is 18.5. The molecule has 3 heterocycles. The first kappa shape index (κ1) is 22.0. The van der Waals surface area contributed by atoms with Gasteiger partial charge in [-0.1, -0.05) is 24.6 Å². The summed E-state index contributed by atoms with van der Waals surface area (Å²) in [6.07, 6.45) is 3.32. The molecule has 0 aliphatic carbocycles. The summed E-state index contributed by atoms with van der Waals surface area (Å²) in [5.74, 6) is -0.207. The maximum Gasteiger partial charge on any atom is 0.269 e. The van der Waals surface area contributed by atoms with Crippen LogP contribution >= 0.6 is 11.6 Å². The minimum Gasteiger partial charge on any atom is -0.347 e. The van der Waals surface area contributed by atoms with Crippen molar-refractivity contribution < 1.29 is 9.59 Å². The predicted octanol–water partition coefficient (Wildman–Crippen LogP) is 3.47. The Hall–Kier alpha value is -3.19. The van der Waals surface area contributed by atoms with E-state index in [1.165, 1.54) is 0 Å². The number of benzene rings is 1. The summed E-state index contributed by atoms with van der Waals surface area (Å²) < 4.78 is 1.61. The number of aromatic nitrogens is 3. The molecule has 1 aliphatic heterocycles. The van der Waals surface area contributed by atoms with Gasteiger partial charge in [0.25, 0.3) is 11.8 Å². The molecule has 0 fully saturated rings. The maximum absolute atomic E-state index is 12.9. The van der Waals surface area contributed by atoms with Crippen LogP contribution in [0.15, 0.2) is 36.5 Å². The highest BCUT2D eigenvalue weighted by molar-refractivity contribution is 6.30. The number of rotatable bonds is 5. The normalized spacial score (nSPS) is 13.1. The summed E-state index contributed by atoms with van der Waals surface area (Å²) in [5.41, 5.74) is 6.08. The molecule has 0 unspecified atom stereocenters. The molecule has 4 rings (SSSR count).